The zero-order valence-corrected chi connectivity index (χ0v) is 15.3. The van der Waals surface area contributed by atoms with E-state index in [2.05, 4.69) is 39.8 Å². The molecule has 0 aromatic carbocycles. The van der Waals surface area contributed by atoms with Crippen LogP contribution in [0, 0.1) is 5.41 Å². The lowest BCUT2D eigenvalue weighted by atomic mass is 9.94. The molecule has 1 amide bonds. The molecule has 0 spiro atoms. The number of unbranched alkanes of at least 4 members (excludes halogenated alkanes) is 1. The summed E-state index contributed by atoms with van der Waals surface area (Å²) in [7, 11) is 0. The van der Waals surface area contributed by atoms with E-state index in [-0.39, 0.29) is 11.3 Å². The summed E-state index contributed by atoms with van der Waals surface area (Å²) in [5, 5.41) is 0. The predicted molar refractivity (Wildman–Crippen MR) is 93.4 cm³/mol. The summed E-state index contributed by atoms with van der Waals surface area (Å²) in [5.41, 5.74) is 2.45. The fourth-order valence-electron chi connectivity index (χ4n) is 2.06. The van der Waals surface area contributed by atoms with E-state index in [0.29, 0.717) is 0 Å². The Balaban J connectivity index is 4.59. The first kappa shape index (κ1) is 19.9. The maximum atomic E-state index is 12.5. The Morgan fingerprint density at radius 3 is 2.19 bits per heavy atom. The van der Waals surface area contributed by atoms with Crippen molar-refractivity contribution in [2.45, 2.75) is 74.1 Å². The Bertz CT molecular complexity index is 368. The van der Waals surface area contributed by atoms with Gasteiger partial charge in [-0.1, -0.05) is 57.4 Å². The van der Waals surface area contributed by atoms with Gasteiger partial charge in [-0.15, -0.1) is 0 Å². The van der Waals surface area contributed by atoms with Crippen LogP contribution in [-0.4, -0.2) is 23.9 Å². The number of carbonyl (C=O) groups excluding carboxylic acids is 1. The first-order chi connectivity index (χ1) is 9.68. The van der Waals surface area contributed by atoms with Gasteiger partial charge in [-0.2, -0.15) is 0 Å². The maximum absolute atomic E-state index is 12.5. The zero-order valence-electron chi connectivity index (χ0n) is 15.3. The van der Waals surface area contributed by atoms with Crippen LogP contribution >= 0.6 is 0 Å². The van der Waals surface area contributed by atoms with E-state index in [1.807, 2.05) is 25.7 Å². The molecule has 0 aromatic rings. The molecule has 0 saturated carbocycles. The van der Waals surface area contributed by atoms with E-state index in [0.717, 1.165) is 38.8 Å². The smallest absolute Gasteiger partial charge is 0.228 e. The van der Waals surface area contributed by atoms with Crippen molar-refractivity contribution < 1.29 is 4.79 Å². The fourth-order valence-corrected chi connectivity index (χ4v) is 2.06. The highest BCUT2D eigenvalue weighted by molar-refractivity contribution is 5.81. The number of carbonyl (C=O) groups is 1. The number of hydrogen-bond acceptors (Lipinski definition) is 1. The Kier molecular flexibility index (Phi) is 9.32. The summed E-state index contributed by atoms with van der Waals surface area (Å²) in [4.78, 5) is 14.5. The molecule has 0 aliphatic heterocycles. The Labute approximate surface area is 132 Å². The largest absolute Gasteiger partial charge is 0.339 e. The van der Waals surface area contributed by atoms with Crippen LogP contribution in [0.5, 0.6) is 0 Å². The minimum absolute atomic E-state index is 0.254. The van der Waals surface area contributed by atoms with Crippen molar-refractivity contribution in [1.82, 2.24) is 4.90 Å². The van der Waals surface area contributed by atoms with Gasteiger partial charge in [-0.05, 0) is 40.0 Å². The zero-order chi connectivity index (χ0) is 16.5. The predicted octanol–water partition coefficient (Wildman–Crippen LogP) is 5.35. The molecule has 0 aliphatic rings. The molecule has 0 atom stereocenters. The number of allylic oxidation sites excluding steroid dienone is 3. The van der Waals surface area contributed by atoms with E-state index in [9.17, 15) is 4.79 Å². The van der Waals surface area contributed by atoms with Crippen LogP contribution in [-0.2, 0) is 4.79 Å². The molecule has 0 fully saturated rings. The van der Waals surface area contributed by atoms with Gasteiger partial charge < -0.3 is 4.90 Å². The van der Waals surface area contributed by atoms with Crippen molar-refractivity contribution in [2.24, 2.45) is 5.41 Å². The second-order valence-electron chi connectivity index (χ2n) is 7.23. The molecular weight excluding hydrogens is 258 g/mol. The second kappa shape index (κ2) is 9.81. The monoisotopic (exact) mass is 293 g/mol. The summed E-state index contributed by atoms with van der Waals surface area (Å²) in [5.74, 6) is 0.254. The summed E-state index contributed by atoms with van der Waals surface area (Å²) in [6.45, 7) is 16.2. The summed E-state index contributed by atoms with van der Waals surface area (Å²) in [6, 6.07) is 0. The summed E-state index contributed by atoms with van der Waals surface area (Å²) in [6.07, 6.45) is 8.86. The highest BCUT2D eigenvalue weighted by atomic mass is 16.2. The van der Waals surface area contributed by atoms with Crippen LogP contribution < -0.4 is 0 Å². The lowest BCUT2D eigenvalue weighted by molar-refractivity contribution is -0.139. The molecule has 0 heterocycles. The van der Waals surface area contributed by atoms with Gasteiger partial charge in [-0.3, -0.25) is 4.79 Å². The van der Waals surface area contributed by atoms with Gasteiger partial charge in [0.2, 0.25) is 5.91 Å². The van der Waals surface area contributed by atoms with Gasteiger partial charge in [-0.25, -0.2) is 0 Å². The van der Waals surface area contributed by atoms with Gasteiger partial charge in [0.15, 0.2) is 0 Å². The minimum atomic E-state index is -0.294. The molecule has 0 bridgehead atoms. The normalized spacial score (nSPS) is 12.2. The van der Waals surface area contributed by atoms with E-state index in [1.165, 1.54) is 11.1 Å². The van der Waals surface area contributed by atoms with Gasteiger partial charge in [0, 0.05) is 18.5 Å². The van der Waals surface area contributed by atoms with Crippen molar-refractivity contribution >= 4 is 5.91 Å². The Morgan fingerprint density at radius 1 is 1.10 bits per heavy atom. The first-order valence-corrected chi connectivity index (χ1v) is 8.26. The van der Waals surface area contributed by atoms with Crippen molar-refractivity contribution in [1.29, 1.82) is 0 Å². The van der Waals surface area contributed by atoms with Crippen LogP contribution in [0.3, 0.4) is 0 Å². The van der Waals surface area contributed by atoms with Crippen molar-refractivity contribution in [3.05, 3.63) is 23.3 Å². The number of amides is 1. The second-order valence-corrected chi connectivity index (χ2v) is 7.23. The molecule has 2 heteroatoms. The minimum Gasteiger partial charge on any atom is -0.339 e. The molecule has 0 aliphatic carbocycles. The summed E-state index contributed by atoms with van der Waals surface area (Å²) >= 11 is 0. The van der Waals surface area contributed by atoms with E-state index in [4.69, 9.17) is 0 Å². The number of rotatable bonds is 8. The molecule has 0 aromatic heterocycles. The molecule has 0 saturated heterocycles. The molecule has 122 valence electrons. The van der Waals surface area contributed by atoms with Crippen molar-refractivity contribution in [2.75, 3.05) is 13.1 Å². The fraction of sp³-hybridized carbons (Fsp3) is 0.737. The molecule has 2 nitrogen and oxygen atoms in total. The van der Waals surface area contributed by atoms with Crippen LogP contribution in [0.2, 0.25) is 0 Å². The van der Waals surface area contributed by atoms with E-state index >= 15 is 0 Å². The maximum Gasteiger partial charge on any atom is 0.228 e. The molecule has 0 radical (unpaired) electrons. The quantitative estimate of drug-likeness (QED) is 0.552. The standard InChI is InChI=1S/C19H35NO/c1-8-9-14-20(18(21)19(5,6)7)15-13-17(4)12-10-11-16(2)3/h11,13H,8-10,12,14-15H2,1-7H3/b17-13+. The Hall–Kier alpha value is -1.05. The van der Waals surface area contributed by atoms with E-state index < -0.39 is 0 Å². The van der Waals surface area contributed by atoms with Gasteiger partial charge in [0.1, 0.15) is 0 Å². The van der Waals surface area contributed by atoms with Crippen molar-refractivity contribution in [3.8, 4) is 0 Å². The average Bonchev–Trinajstić information content (AvgIpc) is 2.36. The number of nitrogens with zero attached hydrogens (tertiary/aromatic N) is 1. The van der Waals surface area contributed by atoms with Crippen LogP contribution in [0.25, 0.3) is 0 Å². The SMILES string of the molecule is CCCCN(C/C=C(\C)CCC=C(C)C)C(=O)C(C)(C)C. The lowest BCUT2D eigenvalue weighted by Gasteiger charge is -2.29. The molecular formula is C19H35NO. The highest BCUT2D eigenvalue weighted by Crippen LogP contribution is 2.18. The topological polar surface area (TPSA) is 20.3 Å². The van der Waals surface area contributed by atoms with Gasteiger partial charge in [0.25, 0.3) is 0 Å². The molecule has 21 heavy (non-hydrogen) atoms. The van der Waals surface area contributed by atoms with Crippen LogP contribution in [0.15, 0.2) is 23.3 Å². The third-order valence-corrected chi connectivity index (χ3v) is 3.46. The van der Waals surface area contributed by atoms with Gasteiger partial charge >= 0.3 is 0 Å². The molecule has 0 unspecified atom stereocenters. The highest BCUT2D eigenvalue weighted by Gasteiger charge is 2.26. The first-order valence-electron chi connectivity index (χ1n) is 8.26. The van der Waals surface area contributed by atoms with Crippen LogP contribution in [0.4, 0.5) is 0 Å². The third kappa shape index (κ3) is 9.49. The number of hydrogen-bond donors (Lipinski definition) is 0. The molecule has 0 rings (SSSR count). The molecule has 0 N–H and O–H groups in total. The van der Waals surface area contributed by atoms with Crippen molar-refractivity contribution in [3.63, 3.8) is 0 Å². The summed E-state index contributed by atoms with van der Waals surface area (Å²) < 4.78 is 0. The Morgan fingerprint density at radius 2 is 1.71 bits per heavy atom. The third-order valence-electron chi connectivity index (χ3n) is 3.46. The average molecular weight is 293 g/mol. The van der Waals surface area contributed by atoms with E-state index in [1.54, 1.807) is 0 Å². The van der Waals surface area contributed by atoms with Crippen LogP contribution in [0.1, 0.15) is 74.1 Å². The van der Waals surface area contributed by atoms with Gasteiger partial charge in [0.05, 0.1) is 0 Å². The lowest BCUT2D eigenvalue weighted by Crippen LogP contribution is -2.40.